The fourth-order valence-corrected chi connectivity index (χ4v) is 1.91. The molecule has 0 radical (unpaired) electrons. The first kappa shape index (κ1) is 14.0. The SMILES string of the molecule is O=C(O)c1cccc(F)c1NCCc1ccccc1F. The van der Waals surface area contributed by atoms with Crippen LogP contribution in [0.4, 0.5) is 14.5 Å². The maximum absolute atomic E-state index is 13.6. The quantitative estimate of drug-likeness (QED) is 0.881. The fraction of sp³-hybridized carbons (Fsp3) is 0.133. The number of benzene rings is 2. The molecule has 0 unspecified atom stereocenters. The van der Waals surface area contributed by atoms with Gasteiger partial charge in [0.2, 0.25) is 0 Å². The van der Waals surface area contributed by atoms with E-state index in [0.29, 0.717) is 12.0 Å². The zero-order chi connectivity index (χ0) is 14.5. The first-order valence-corrected chi connectivity index (χ1v) is 6.08. The van der Waals surface area contributed by atoms with Crippen molar-refractivity contribution in [1.29, 1.82) is 0 Å². The Morgan fingerprint density at radius 3 is 2.45 bits per heavy atom. The zero-order valence-electron chi connectivity index (χ0n) is 10.6. The summed E-state index contributed by atoms with van der Waals surface area (Å²) < 4.78 is 27.0. The van der Waals surface area contributed by atoms with Crippen LogP contribution < -0.4 is 5.32 Å². The van der Waals surface area contributed by atoms with Gasteiger partial charge in [0, 0.05) is 6.54 Å². The Morgan fingerprint density at radius 2 is 1.75 bits per heavy atom. The Hall–Kier alpha value is -2.43. The molecule has 0 atom stereocenters. The normalized spacial score (nSPS) is 10.3. The summed E-state index contributed by atoms with van der Waals surface area (Å²) in [5.74, 6) is -2.18. The minimum absolute atomic E-state index is 0.0728. The molecule has 0 saturated heterocycles. The minimum Gasteiger partial charge on any atom is -0.478 e. The first-order chi connectivity index (χ1) is 9.59. The monoisotopic (exact) mass is 277 g/mol. The largest absolute Gasteiger partial charge is 0.478 e. The molecule has 0 aliphatic carbocycles. The third-order valence-corrected chi connectivity index (χ3v) is 2.90. The zero-order valence-corrected chi connectivity index (χ0v) is 10.6. The van der Waals surface area contributed by atoms with Gasteiger partial charge in [-0.2, -0.15) is 0 Å². The van der Waals surface area contributed by atoms with E-state index in [9.17, 15) is 13.6 Å². The van der Waals surface area contributed by atoms with Crippen molar-refractivity contribution in [1.82, 2.24) is 0 Å². The van der Waals surface area contributed by atoms with Crippen molar-refractivity contribution >= 4 is 11.7 Å². The number of hydrogen-bond acceptors (Lipinski definition) is 2. The lowest BCUT2D eigenvalue weighted by Gasteiger charge is -2.10. The molecule has 0 spiro atoms. The number of hydrogen-bond donors (Lipinski definition) is 2. The lowest BCUT2D eigenvalue weighted by Crippen LogP contribution is -2.11. The average molecular weight is 277 g/mol. The highest BCUT2D eigenvalue weighted by Gasteiger charge is 2.13. The van der Waals surface area contributed by atoms with E-state index in [-0.39, 0.29) is 23.6 Å². The standard InChI is InChI=1S/C15H13F2NO2/c16-12-6-2-1-4-10(12)8-9-18-14-11(15(19)20)5-3-7-13(14)17/h1-7,18H,8-9H2,(H,19,20). The van der Waals surface area contributed by atoms with Gasteiger partial charge in [-0.1, -0.05) is 24.3 Å². The smallest absolute Gasteiger partial charge is 0.337 e. The van der Waals surface area contributed by atoms with Crippen molar-refractivity contribution in [3.63, 3.8) is 0 Å². The second kappa shape index (κ2) is 6.14. The number of anilines is 1. The lowest BCUT2D eigenvalue weighted by molar-refractivity contribution is 0.0697. The minimum atomic E-state index is -1.21. The number of aromatic carboxylic acids is 1. The molecule has 0 aromatic heterocycles. The Bertz CT molecular complexity index is 629. The van der Waals surface area contributed by atoms with E-state index < -0.39 is 11.8 Å². The second-order valence-corrected chi connectivity index (χ2v) is 4.24. The van der Waals surface area contributed by atoms with Gasteiger partial charge in [-0.25, -0.2) is 13.6 Å². The average Bonchev–Trinajstić information content (AvgIpc) is 2.42. The van der Waals surface area contributed by atoms with Crippen LogP contribution in [0.5, 0.6) is 0 Å². The maximum Gasteiger partial charge on any atom is 0.337 e. The van der Waals surface area contributed by atoms with Crippen molar-refractivity contribution in [2.45, 2.75) is 6.42 Å². The Kier molecular flexibility index (Phi) is 4.30. The van der Waals surface area contributed by atoms with Gasteiger partial charge in [-0.15, -0.1) is 0 Å². The molecule has 0 aliphatic rings. The number of nitrogens with one attached hydrogen (secondary N) is 1. The molecule has 0 saturated carbocycles. The summed E-state index contributed by atoms with van der Waals surface area (Å²) in [7, 11) is 0. The third kappa shape index (κ3) is 3.12. The van der Waals surface area contributed by atoms with Crippen LogP contribution in [0.15, 0.2) is 42.5 Å². The van der Waals surface area contributed by atoms with Gasteiger partial charge in [-0.05, 0) is 30.2 Å². The number of carboxylic acids is 1. The van der Waals surface area contributed by atoms with Crippen molar-refractivity contribution in [2.24, 2.45) is 0 Å². The Morgan fingerprint density at radius 1 is 1.05 bits per heavy atom. The van der Waals surface area contributed by atoms with Gasteiger partial charge in [-0.3, -0.25) is 0 Å². The van der Waals surface area contributed by atoms with E-state index in [1.165, 1.54) is 24.3 Å². The van der Waals surface area contributed by atoms with Crippen LogP contribution >= 0.6 is 0 Å². The van der Waals surface area contributed by atoms with Crippen LogP contribution in [0, 0.1) is 11.6 Å². The van der Waals surface area contributed by atoms with Crippen molar-refractivity contribution in [2.75, 3.05) is 11.9 Å². The molecule has 2 rings (SSSR count). The van der Waals surface area contributed by atoms with Crippen molar-refractivity contribution in [3.05, 3.63) is 65.2 Å². The van der Waals surface area contributed by atoms with Crippen LogP contribution in [0.3, 0.4) is 0 Å². The summed E-state index contributed by atoms with van der Waals surface area (Å²) in [5, 5.41) is 11.7. The lowest BCUT2D eigenvalue weighted by atomic mass is 10.1. The number of carboxylic acid groups (broad SMARTS) is 1. The summed E-state index contributed by atoms with van der Waals surface area (Å²) in [5.41, 5.74) is 0.281. The highest BCUT2D eigenvalue weighted by Crippen LogP contribution is 2.20. The summed E-state index contributed by atoms with van der Waals surface area (Å²) >= 11 is 0. The summed E-state index contributed by atoms with van der Waals surface area (Å²) in [6.45, 7) is 0.238. The van der Waals surface area contributed by atoms with E-state index in [0.717, 1.165) is 0 Å². The van der Waals surface area contributed by atoms with Gasteiger partial charge in [0.15, 0.2) is 0 Å². The molecule has 2 aromatic carbocycles. The second-order valence-electron chi connectivity index (χ2n) is 4.24. The number of para-hydroxylation sites is 1. The molecule has 0 fully saturated rings. The summed E-state index contributed by atoms with van der Waals surface area (Å²) in [6.07, 6.45) is 0.333. The molecule has 20 heavy (non-hydrogen) atoms. The molecule has 2 aromatic rings. The number of halogens is 2. The maximum atomic E-state index is 13.6. The summed E-state index contributed by atoms with van der Waals surface area (Å²) in [6, 6.07) is 10.1. The number of rotatable bonds is 5. The van der Waals surface area contributed by atoms with Crippen molar-refractivity contribution in [3.8, 4) is 0 Å². The van der Waals surface area contributed by atoms with E-state index in [1.54, 1.807) is 18.2 Å². The van der Waals surface area contributed by atoms with Gasteiger partial charge in [0.1, 0.15) is 11.6 Å². The highest BCUT2D eigenvalue weighted by atomic mass is 19.1. The van der Waals surface area contributed by atoms with Crippen LogP contribution in [0.1, 0.15) is 15.9 Å². The molecule has 0 bridgehead atoms. The third-order valence-electron chi connectivity index (χ3n) is 2.90. The Labute approximate surface area is 114 Å². The van der Waals surface area contributed by atoms with Crippen LogP contribution in [0.2, 0.25) is 0 Å². The molecule has 104 valence electrons. The van der Waals surface area contributed by atoms with Gasteiger partial charge < -0.3 is 10.4 Å². The van der Waals surface area contributed by atoms with Crippen LogP contribution in [-0.4, -0.2) is 17.6 Å². The van der Waals surface area contributed by atoms with Crippen LogP contribution in [0.25, 0.3) is 0 Å². The van der Waals surface area contributed by atoms with Gasteiger partial charge >= 0.3 is 5.97 Å². The van der Waals surface area contributed by atoms with E-state index >= 15 is 0 Å². The fourth-order valence-electron chi connectivity index (χ4n) is 1.91. The topological polar surface area (TPSA) is 49.3 Å². The molecular formula is C15H13F2NO2. The molecule has 0 aliphatic heterocycles. The molecule has 2 N–H and O–H groups in total. The van der Waals surface area contributed by atoms with Crippen LogP contribution in [-0.2, 0) is 6.42 Å². The first-order valence-electron chi connectivity index (χ1n) is 6.08. The Balaban J connectivity index is 2.08. The highest BCUT2D eigenvalue weighted by molar-refractivity contribution is 5.94. The molecule has 5 heteroatoms. The van der Waals surface area contributed by atoms with Gasteiger partial charge in [0.25, 0.3) is 0 Å². The number of carbonyl (C=O) groups is 1. The van der Waals surface area contributed by atoms with Crippen molar-refractivity contribution < 1.29 is 18.7 Å². The predicted octanol–water partition coefficient (Wildman–Crippen LogP) is 3.32. The van der Waals surface area contributed by atoms with Gasteiger partial charge in [0.05, 0.1) is 11.3 Å². The molecule has 3 nitrogen and oxygen atoms in total. The van der Waals surface area contributed by atoms with E-state index in [2.05, 4.69) is 5.32 Å². The predicted molar refractivity (Wildman–Crippen MR) is 72.0 cm³/mol. The van der Waals surface area contributed by atoms with E-state index in [1.807, 2.05) is 0 Å². The molecular weight excluding hydrogens is 264 g/mol. The summed E-state index contributed by atoms with van der Waals surface area (Å²) in [4.78, 5) is 11.0. The molecule has 0 heterocycles. The van der Waals surface area contributed by atoms with E-state index in [4.69, 9.17) is 5.11 Å². The molecule has 0 amide bonds.